The van der Waals surface area contributed by atoms with Crippen LogP contribution in [0, 0.1) is 0 Å². The van der Waals surface area contributed by atoms with Crippen molar-refractivity contribution in [2.75, 3.05) is 6.61 Å². The van der Waals surface area contributed by atoms with Gasteiger partial charge in [-0.3, -0.25) is 4.79 Å². The lowest BCUT2D eigenvalue weighted by Gasteiger charge is -2.06. The first-order chi connectivity index (χ1) is 12.6. The van der Waals surface area contributed by atoms with Gasteiger partial charge in [0, 0.05) is 0 Å². The molecule has 0 radical (unpaired) electrons. The lowest BCUT2D eigenvalue weighted by molar-refractivity contribution is 0.101. The molecule has 5 heteroatoms. The lowest BCUT2D eigenvalue weighted by Crippen LogP contribution is -1.98. The SMILES string of the molecule is CCCCCCOc1ccc(/C=C2/Oc3c(ccc(O)c3O)C2=O)cc1. The number of benzene rings is 2. The summed E-state index contributed by atoms with van der Waals surface area (Å²) in [4.78, 5) is 12.3. The molecule has 0 fully saturated rings. The van der Waals surface area contributed by atoms with Gasteiger partial charge in [0.2, 0.25) is 11.5 Å². The average Bonchev–Trinajstić information content (AvgIpc) is 2.96. The molecule has 0 unspecified atom stereocenters. The predicted molar refractivity (Wildman–Crippen MR) is 98.8 cm³/mol. The van der Waals surface area contributed by atoms with Crippen LogP contribution in [0.4, 0.5) is 0 Å². The highest BCUT2D eigenvalue weighted by molar-refractivity contribution is 6.15. The minimum absolute atomic E-state index is 0.00622. The number of phenolic OH excluding ortho intramolecular Hbond substituents is 2. The Labute approximate surface area is 152 Å². The number of hydrogen-bond donors (Lipinski definition) is 2. The number of phenols is 2. The fourth-order valence-electron chi connectivity index (χ4n) is 2.76. The molecule has 1 aliphatic rings. The van der Waals surface area contributed by atoms with E-state index in [0.717, 1.165) is 17.7 Å². The van der Waals surface area contributed by atoms with Gasteiger partial charge in [0.25, 0.3) is 0 Å². The number of unbranched alkanes of at least 4 members (excludes halogenated alkanes) is 3. The van der Waals surface area contributed by atoms with Crippen molar-refractivity contribution in [2.24, 2.45) is 0 Å². The Bertz CT molecular complexity index is 821. The van der Waals surface area contributed by atoms with Gasteiger partial charge in [-0.1, -0.05) is 38.3 Å². The van der Waals surface area contributed by atoms with Crippen LogP contribution in [0.3, 0.4) is 0 Å². The van der Waals surface area contributed by atoms with E-state index in [1.165, 1.54) is 31.4 Å². The van der Waals surface area contributed by atoms with Gasteiger partial charge >= 0.3 is 0 Å². The Morgan fingerprint density at radius 1 is 1.04 bits per heavy atom. The summed E-state index contributed by atoms with van der Waals surface area (Å²) in [6.07, 6.45) is 6.23. The Morgan fingerprint density at radius 2 is 1.81 bits per heavy atom. The Balaban J connectivity index is 1.66. The van der Waals surface area contributed by atoms with Crippen LogP contribution in [-0.4, -0.2) is 22.6 Å². The van der Waals surface area contributed by atoms with Gasteiger partial charge < -0.3 is 19.7 Å². The number of fused-ring (bicyclic) bond motifs is 1. The average molecular weight is 354 g/mol. The number of aromatic hydroxyl groups is 2. The fraction of sp³-hybridized carbons (Fsp3) is 0.286. The molecule has 2 aromatic carbocycles. The van der Waals surface area contributed by atoms with Crippen LogP contribution in [0.1, 0.15) is 48.5 Å². The molecule has 0 aromatic heterocycles. The van der Waals surface area contributed by atoms with Crippen LogP contribution in [0.25, 0.3) is 6.08 Å². The minimum atomic E-state index is -0.425. The normalized spacial score (nSPS) is 14.3. The maximum atomic E-state index is 12.3. The molecule has 1 heterocycles. The maximum Gasteiger partial charge on any atom is 0.232 e. The molecule has 0 atom stereocenters. The number of rotatable bonds is 7. The largest absolute Gasteiger partial charge is 0.504 e. The van der Waals surface area contributed by atoms with E-state index in [0.29, 0.717) is 6.61 Å². The molecule has 0 aliphatic carbocycles. The van der Waals surface area contributed by atoms with E-state index in [9.17, 15) is 15.0 Å². The van der Waals surface area contributed by atoms with Crippen molar-refractivity contribution >= 4 is 11.9 Å². The summed E-state index contributed by atoms with van der Waals surface area (Å²) in [5.41, 5.74) is 1.02. The number of allylic oxidation sites excluding steroid dienone is 1. The molecule has 136 valence electrons. The highest BCUT2D eigenvalue weighted by atomic mass is 16.5. The van der Waals surface area contributed by atoms with E-state index in [-0.39, 0.29) is 28.6 Å². The van der Waals surface area contributed by atoms with Crippen molar-refractivity contribution in [3.63, 3.8) is 0 Å². The van der Waals surface area contributed by atoms with Crippen molar-refractivity contribution in [3.05, 3.63) is 53.3 Å². The van der Waals surface area contributed by atoms with Crippen LogP contribution in [-0.2, 0) is 0 Å². The molecule has 5 nitrogen and oxygen atoms in total. The number of Topliss-reactive ketones (excluding diaryl/α,β-unsaturated/α-hetero) is 1. The molecule has 0 amide bonds. The summed E-state index contributed by atoms with van der Waals surface area (Å²) in [6, 6.07) is 10.1. The number of carbonyl (C=O) groups excluding carboxylic acids is 1. The van der Waals surface area contributed by atoms with Gasteiger partial charge in [-0.2, -0.15) is 0 Å². The quantitative estimate of drug-likeness (QED) is 0.429. The van der Waals surface area contributed by atoms with Crippen LogP contribution in [0.2, 0.25) is 0 Å². The van der Waals surface area contributed by atoms with Crippen molar-refractivity contribution < 1.29 is 24.5 Å². The zero-order valence-corrected chi connectivity index (χ0v) is 14.7. The maximum absolute atomic E-state index is 12.3. The third kappa shape index (κ3) is 3.82. The highest BCUT2D eigenvalue weighted by Crippen LogP contribution is 2.44. The fourth-order valence-corrected chi connectivity index (χ4v) is 2.76. The molecule has 0 saturated carbocycles. The highest BCUT2D eigenvalue weighted by Gasteiger charge is 2.31. The van der Waals surface area contributed by atoms with Crippen LogP contribution in [0.5, 0.6) is 23.0 Å². The van der Waals surface area contributed by atoms with Crippen molar-refractivity contribution in [3.8, 4) is 23.0 Å². The standard InChI is InChI=1S/C21H22O5/c1-2-3-4-5-12-25-15-8-6-14(7-9-15)13-18-19(23)16-10-11-17(22)20(24)21(16)26-18/h6-11,13,22,24H,2-5,12H2,1H3/b18-13+. The molecule has 0 bridgehead atoms. The second kappa shape index (κ2) is 7.95. The molecule has 2 N–H and O–H groups in total. The third-order valence-corrected chi connectivity index (χ3v) is 4.24. The number of carbonyl (C=O) groups is 1. The molecule has 3 rings (SSSR count). The van der Waals surface area contributed by atoms with Crippen LogP contribution >= 0.6 is 0 Å². The van der Waals surface area contributed by atoms with E-state index in [1.807, 2.05) is 24.3 Å². The van der Waals surface area contributed by atoms with Gasteiger partial charge in [0.1, 0.15) is 5.75 Å². The Kier molecular flexibility index (Phi) is 5.46. The molecule has 0 spiro atoms. The van der Waals surface area contributed by atoms with Gasteiger partial charge in [0.15, 0.2) is 17.3 Å². The van der Waals surface area contributed by atoms with E-state index in [4.69, 9.17) is 9.47 Å². The van der Waals surface area contributed by atoms with E-state index in [2.05, 4.69) is 6.92 Å². The molecule has 2 aromatic rings. The summed E-state index contributed by atoms with van der Waals surface area (Å²) in [5.74, 6) is -0.188. The predicted octanol–water partition coefficient (Wildman–Crippen LogP) is 4.67. The first-order valence-corrected chi connectivity index (χ1v) is 8.82. The lowest BCUT2D eigenvalue weighted by atomic mass is 10.1. The van der Waals surface area contributed by atoms with Crippen LogP contribution < -0.4 is 9.47 Å². The zero-order valence-electron chi connectivity index (χ0n) is 14.7. The molecule has 0 saturated heterocycles. The van der Waals surface area contributed by atoms with Crippen molar-refractivity contribution in [2.45, 2.75) is 32.6 Å². The molecular formula is C21H22O5. The van der Waals surface area contributed by atoms with Crippen molar-refractivity contribution in [1.29, 1.82) is 0 Å². The summed E-state index contributed by atoms with van der Waals surface area (Å²) in [7, 11) is 0. The first-order valence-electron chi connectivity index (χ1n) is 8.82. The molecule has 1 aliphatic heterocycles. The van der Waals surface area contributed by atoms with Gasteiger partial charge in [-0.15, -0.1) is 0 Å². The molecule has 26 heavy (non-hydrogen) atoms. The zero-order chi connectivity index (χ0) is 18.5. The smallest absolute Gasteiger partial charge is 0.232 e. The monoisotopic (exact) mass is 354 g/mol. The Hall–Kier alpha value is -2.95. The number of ketones is 1. The minimum Gasteiger partial charge on any atom is -0.504 e. The van der Waals surface area contributed by atoms with E-state index < -0.39 is 5.75 Å². The topological polar surface area (TPSA) is 76.0 Å². The van der Waals surface area contributed by atoms with Gasteiger partial charge in [-0.25, -0.2) is 0 Å². The number of ether oxygens (including phenoxy) is 2. The van der Waals surface area contributed by atoms with Gasteiger partial charge in [-0.05, 0) is 42.3 Å². The second-order valence-corrected chi connectivity index (χ2v) is 6.23. The van der Waals surface area contributed by atoms with Crippen LogP contribution in [0.15, 0.2) is 42.2 Å². The summed E-state index contributed by atoms with van der Waals surface area (Å²) >= 11 is 0. The summed E-state index contributed by atoms with van der Waals surface area (Å²) < 4.78 is 11.1. The van der Waals surface area contributed by atoms with E-state index in [1.54, 1.807) is 6.08 Å². The number of hydrogen-bond acceptors (Lipinski definition) is 5. The van der Waals surface area contributed by atoms with Gasteiger partial charge in [0.05, 0.1) is 12.2 Å². The summed E-state index contributed by atoms with van der Waals surface area (Å²) in [6.45, 7) is 2.87. The first kappa shape index (κ1) is 17.9. The summed E-state index contributed by atoms with van der Waals surface area (Å²) in [5, 5.41) is 19.3. The van der Waals surface area contributed by atoms with Crippen molar-refractivity contribution in [1.82, 2.24) is 0 Å². The second-order valence-electron chi connectivity index (χ2n) is 6.23. The Morgan fingerprint density at radius 3 is 2.54 bits per heavy atom. The van der Waals surface area contributed by atoms with E-state index >= 15 is 0 Å². The third-order valence-electron chi connectivity index (χ3n) is 4.24. The molecular weight excluding hydrogens is 332 g/mol.